The molecule has 0 heterocycles. The van der Waals surface area contributed by atoms with Crippen LogP contribution >= 0.6 is 34.8 Å². The van der Waals surface area contributed by atoms with Gasteiger partial charge in [0.05, 0.1) is 5.88 Å². The largest absolute Gasteiger partial charge is 0.355 e. The zero-order chi connectivity index (χ0) is 13.8. The summed E-state index contributed by atoms with van der Waals surface area (Å²) in [6, 6.07) is 10.0. The fraction of sp³-hybridized carbons (Fsp3) is 0.333. The van der Waals surface area contributed by atoms with Gasteiger partial charge in [-0.05, 0) is 23.6 Å². The number of alkyl halides is 2. The molecule has 1 amide bonds. The number of carbonyl (C=O) groups excluding carboxylic acids is 2. The van der Waals surface area contributed by atoms with Crippen molar-refractivity contribution in [3.63, 3.8) is 0 Å². The Hall–Kier alpha value is -0.770. The summed E-state index contributed by atoms with van der Waals surface area (Å²) in [6.45, 7) is 0.648. The van der Waals surface area contributed by atoms with Crippen molar-refractivity contribution >= 4 is 46.0 Å². The summed E-state index contributed by atoms with van der Waals surface area (Å²) in [5, 5.41) is 2.20. The molecule has 100 valence electrons. The minimum Gasteiger partial charge on any atom is -0.355 e. The molecule has 0 saturated heterocycles. The van der Waals surface area contributed by atoms with Gasteiger partial charge in [-0.15, -0.1) is 23.2 Å². The standard InChI is InChI=1S/C10H12ClNO.C2H2Cl2O/c11-8-10(13)12-7-6-9-4-2-1-3-5-9;3-1-2(4)5/h1-5H,6-8H2,(H,12,13);1H2. The van der Waals surface area contributed by atoms with Crippen LogP contribution in [0.25, 0.3) is 0 Å². The molecule has 1 aromatic rings. The van der Waals surface area contributed by atoms with E-state index in [-0.39, 0.29) is 17.7 Å². The minimum atomic E-state index is -0.508. The molecule has 1 rings (SSSR count). The molecule has 0 fully saturated rings. The average Bonchev–Trinajstić information content (AvgIpc) is 2.40. The fourth-order valence-electron chi connectivity index (χ4n) is 1.04. The molecule has 0 radical (unpaired) electrons. The molecule has 0 aliphatic rings. The Morgan fingerprint density at radius 1 is 1.06 bits per heavy atom. The van der Waals surface area contributed by atoms with E-state index in [2.05, 4.69) is 5.32 Å². The Morgan fingerprint density at radius 3 is 2.06 bits per heavy atom. The molecular weight excluding hydrogens is 296 g/mol. The first-order valence-electron chi connectivity index (χ1n) is 5.21. The summed E-state index contributed by atoms with van der Waals surface area (Å²) in [5.41, 5.74) is 1.22. The van der Waals surface area contributed by atoms with Gasteiger partial charge in [-0.1, -0.05) is 30.3 Å². The Morgan fingerprint density at radius 2 is 1.61 bits per heavy atom. The van der Waals surface area contributed by atoms with E-state index in [9.17, 15) is 9.59 Å². The second kappa shape index (κ2) is 11.3. The van der Waals surface area contributed by atoms with E-state index in [0.29, 0.717) is 6.54 Å². The molecule has 0 bridgehead atoms. The molecule has 0 unspecified atom stereocenters. The number of hydrogen-bond donors (Lipinski definition) is 1. The van der Waals surface area contributed by atoms with Gasteiger partial charge >= 0.3 is 0 Å². The molecule has 0 atom stereocenters. The summed E-state index contributed by atoms with van der Waals surface area (Å²) in [4.78, 5) is 20.2. The van der Waals surface area contributed by atoms with Gasteiger partial charge in [-0.25, -0.2) is 0 Å². The number of benzene rings is 1. The van der Waals surface area contributed by atoms with E-state index in [1.165, 1.54) is 5.56 Å². The van der Waals surface area contributed by atoms with E-state index in [1.54, 1.807) is 0 Å². The number of rotatable bonds is 5. The molecule has 0 aliphatic heterocycles. The maximum absolute atomic E-state index is 10.8. The minimum absolute atomic E-state index is 0.0365. The topological polar surface area (TPSA) is 46.2 Å². The molecule has 18 heavy (non-hydrogen) atoms. The van der Waals surface area contributed by atoms with Crippen molar-refractivity contribution in [2.75, 3.05) is 18.3 Å². The van der Waals surface area contributed by atoms with Gasteiger partial charge in [0.2, 0.25) is 11.1 Å². The number of amides is 1. The highest BCUT2D eigenvalue weighted by Gasteiger charge is 1.96. The van der Waals surface area contributed by atoms with Crippen molar-refractivity contribution < 1.29 is 9.59 Å². The predicted molar refractivity (Wildman–Crippen MR) is 75.5 cm³/mol. The van der Waals surface area contributed by atoms with Gasteiger partial charge in [0.25, 0.3) is 0 Å². The summed E-state index contributed by atoms with van der Waals surface area (Å²) in [6.07, 6.45) is 0.851. The smallest absolute Gasteiger partial charge is 0.236 e. The monoisotopic (exact) mass is 309 g/mol. The Bertz CT molecular complexity index is 358. The highest BCUT2D eigenvalue weighted by atomic mass is 35.5. The van der Waals surface area contributed by atoms with Gasteiger partial charge in [-0.2, -0.15) is 0 Å². The maximum atomic E-state index is 10.8. The number of hydrogen-bond acceptors (Lipinski definition) is 2. The maximum Gasteiger partial charge on any atom is 0.236 e. The second-order valence-corrected chi connectivity index (χ2v) is 4.16. The van der Waals surface area contributed by atoms with Crippen LogP contribution in [0.4, 0.5) is 0 Å². The van der Waals surface area contributed by atoms with Gasteiger partial charge in [-0.3, -0.25) is 9.59 Å². The molecule has 1 aromatic carbocycles. The third kappa shape index (κ3) is 10.4. The molecule has 6 heteroatoms. The zero-order valence-corrected chi connectivity index (χ0v) is 11.9. The number of nitrogens with one attached hydrogen (secondary N) is 1. The summed E-state index contributed by atoms with van der Waals surface area (Å²) in [5.74, 6) is -0.173. The highest BCUT2D eigenvalue weighted by molar-refractivity contribution is 6.67. The lowest BCUT2D eigenvalue weighted by Gasteiger charge is -2.02. The molecular formula is C12H14Cl3NO2. The van der Waals surface area contributed by atoms with Crippen LogP contribution in [-0.2, 0) is 16.0 Å². The first kappa shape index (κ1) is 17.2. The first-order valence-corrected chi connectivity index (χ1v) is 6.65. The van der Waals surface area contributed by atoms with Crippen LogP contribution in [-0.4, -0.2) is 29.5 Å². The number of halogens is 3. The summed E-state index contributed by atoms with van der Waals surface area (Å²) in [7, 11) is 0. The predicted octanol–water partition coefficient (Wildman–Crippen LogP) is 2.57. The van der Waals surface area contributed by atoms with E-state index in [4.69, 9.17) is 34.8 Å². The summed E-state index contributed by atoms with van der Waals surface area (Å²) < 4.78 is 0. The van der Waals surface area contributed by atoms with Crippen LogP contribution in [0.5, 0.6) is 0 Å². The lowest BCUT2D eigenvalue weighted by Crippen LogP contribution is -2.26. The molecule has 3 nitrogen and oxygen atoms in total. The van der Waals surface area contributed by atoms with Gasteiger partial charge < -0.3 is 5.32 Å². The first-order chi connectivity index (χ1) is 8.60. The van der Waals surface area contributed by atoms with E-state index < -0.39 is 5.24 Å². The Labute approximate surface area is 121 Å². The lowest BCUT2D eigenvalue weighted by molar-refractivity contribution is -0.118. The van der Waals surface area contributed by atoms with Gasteiger partial charge in [0, 0.05) is 6.54 Å². The van der Waals surface area contributed by atoms with Crippen LogP contribution in [0.3, 0.4) is 0 Å². The van der Waals surface area contributed by atoms with E-state index >= 15 is 0 Å². The molecule has 0 spiro atoms. The van der Waals surface area contributed by atoms with Crippen LogP contribution in [0.2, 0.25) is 0 Å². The van der Waals surface area contributed by atoms with E-state index in [0.717, 1.165) is 6.42 Å². The lowest BCUT2D eigenvalue weighted by atomic mass is 10.1. The van der Waals surface area contributed by atoms with Crippen LogP contribution in [0.1, 0.15) is 5.56 Å². The van der Waals surface area contributed by atoms with Crippen molar-refractivity contribution in [2.45, 2.75) is 6.42 Å². The molecule has 0 aliphatic carbocycles. The number of carbonyl (C=O) groups is 2. The second-order valence-electron chi connectivity index (χ2n) is 3.21. The van der Waals surface area contributed by atoms with Crippen molar-refractivity contribution in [1.29, 1.82) is 0 Å². The Balaban J connectivity index is 0.000000494. The highest BCUT2D eigenvalue weighted by Crippen LogP contribution is 1.97. The third-order valence-electron chi connectivity index (χ3n) is 1.81. The van der Waals surface area contributed by atoms with Crippen molar-refractivity contribution in [1.82, 2.24) is 5.32 Å². The van der Waals surface area contributed by atoms with Crippen molar-refractivity contribution in [2.24, 2.45) is 0 Å². The normalized spacial score (nSPS) is 9.06. The van der Waals surface area contributed by atoms with Gasteiger partial charge in [0.1, 0.15) is 5.88 Å². The quantitative estimate of drug-likeness (QED) is 0.671. The molecule has 0 aromatic heterocycles. The third-order valence-corrected chi connectivity index (χ3v) is 2.56. The summed E-state index contributed by atoms with van der Waals surface area (Å²) >= 11 is 14.9. The Kier molecular flexibility index (Phi) is 10.8. The van der Waals surface area contributed by atoms with Crippen LogP contribution in [0, 0.1) is 0 Å². The van der Waals surface area contributed by atoms with Crippen LogP contribution < -0.4 is 5.32 Å². The van der Waals surface area contributed by atoms with E-state index in [1.807, 2.05) is 30.3 Å². The average molecular weight is 311 g/mol. The van der Waals surface area contributed by atoms with Crippen molar-refractivity contribution in [3.8, 4) is 0 Å². The molecule has 1 N–H and O–H groups in total. The van der Waals surface area contributed by atoms with Crippen molar-refractivity contribution in [3.05, 3.63) is 35.9 Å². The van der Waals surface area contributed by atoms with Crippen LogP contribution in [0.15, 0.2) is 30.3 Å². The molecule has 0 saturated carbocycles. The SMILES string of the molecule is O=C(CCl)NCCc1ccccc1.O=C(Cl)CCl. The fourth-order valence-corrected chi connectivity index (χ4v) is 1.13. The van der Waals surface area contributed by atoms with Gasteiger partial charge in [0.15, 0.2) is 0 Å². The zero-order valence-electron chi connectivity index (χ0n) is 9.67.